The average molecular weight is 401 g/mol. The molecule has 1 saturated heterocycles. The van der Waals surface area contributed by atoms with Gasteiger partial charge in [0.05, 0.1) is 11.3 Å². The number of benzene rings is 1. The van der Waals surface area contributed by atoms with Gasteiger partial charge in [0.25, 0.3) is 5.91 Å². The van der Waals surface area contributed by atoms with Crippen LogP contribution in [0.1, 0.15) is 48.8 Å². The molecule has 1 amide bonds. The fourth-order valence-electron chi connectivity index (χ4n) is 3.15. The molecule has 0 bridgehead atoms. The van der Waals surface area contributed by atoms with E-state index < -0.39 is 0 Å². The molecule has 1 N–H and O–H groups in total. The average Bonchev–Trinajstić information content (AvgIpc) is 3.11. The Hall–Kier alpha value is -2.12. The number of thioether (sulfide) groups is 1. The van der Waals surface area contributed by atoms with E-state index in [1.165, 1.54) is 5.57 Å². The normalized spacial score (nSPS) is 15.4. The molecule has 1 aliphatic heterocycles. The molecule has 0 aliphatic carbocycles. The quantitative estimate of drug-likeness (QED) is 0.563. The highest BCUT2D eigenvalue weighted by Crippen LogP contribution is 2.26. The van der Waals surface area contributed by atoms with E-state index >= 15 is 0 Å². The van der Waals surface area contributed by atoms with Gasteiger partial charge in [-0.3, -0.25) is 9.69 Å². The molecule has 0 radical (unpaired) electrons. The van der Waals surface area contributed by atoms with Crippen molar-refractivity contribution < 1.29 is 9.32 Å². The SMILES string of the molecule is CC(C)=CCN1CCC(NC(=O)c2ccccc2SCc2nc(C)no2)CC1. The lowest BCUT2D eigenvalue weighted by molar-refractivity contribution is 0.0911. The van der Waals surface area contributed by atoms with Gasteiger partial charge in [-0.15, -0.1) is 11.8 Å². The van der Waals surface area contributed by atoms with Crippen LogP contribution in [0, 0.1) is 6.92 Å². The predicted octanol–water partition coefficient (Wildman–Crippen LogP) is 3.83. The first kappa shape index (κ1) is 20.6. The zero-order valence-corrected chi connectivity index (χ0v) is 17.6. The van der Waals surface area contributed by atoms with Gasteiger partial charge >= 0.3 is 0 Å². The number of aromatic nitrogens is 2. The standard InChI is InChI=1S/C21H28N4O2S/c1-15(2)8-11-25-12-9-17(10-13-25)23-21(26)18-6-4-5-7-19(18)28-14-20-22-16(3)24-27-20/h4-8,17H,9-14H2,1-3H3,(H,23,26). The number of likely N-dealkylation sites (tertiary alicyclic amines) is 1. The third kappa shape index (κ3) is 5.94. The largest absolute Gasteiger partial charge is 0.349 e. The van der Waals surface area contributed by atoms with Crippen LogP contribution < -0.4 is 5.32 Å². The molecule has 1 aromatic heterocycles. The number of nitrogens with one attached hydrogen (secondary N) is 1. The highest BCUT2D eigenvalue weighted by Gasteiger charge is 2.21. The van der Waals surface area contributed by atoms with Crippen molar-refractivity contribution >= 4 is 17.7 Å². The molecule has 2 aromatic rings. The molecule has 0 atom stereocenters. The summed E-state index contributed by atoms with van der Waals surface area (Å²) >= 11 is 1.54. The zero-order chi connectivity index (χ0) is 19.9. The topological polar surface area (TPSA) is 71.3 Å². The van der Waals surface area contributed by atoms with Gasteiger partial charge in [-0.2, -0.15) is 4.98 Å². The fraction of sp³-hybridized carbons (Fsp3) is 0.476. The smallest absolute Gasteiger partial charge is 0.252 e. The second-order valence-corrected chi connectivity index (χ2v) is 8.37. The van der Waals surface area contributed by atoms with E-state index in [-0.39, 0.29) is 11.9 Å². The summed E-state index contributed by atoms with van der Waals surface area (Å²) in [5, 5.41) is 7.02. The molecule has 6 nitrogen and oxygen atoms in total. The summed E-state index contributed by atoms with van der Waals surface area (Å²) in [6.45, 7) is 9.08. The summed E-state index contributed by atoms with van der Waals surface area (Å²) < 4.78 is 5.16. The predicted molar refractivity (Wildman–Crippen MR) is 111 cm³/mol. The van der Waals surface area contributed by atoms with Crippen LogP contribution in [0.5, 0.6) is 0 Å². The lowest BCUT2D eigenvalue weighted by Crippen LogP contribution is -2.44. The molecule has 28 heavy (non-hydrogen) atoms. The van der Waals surface area contributed by atoms with E-state index in [1.807, 2.05) is 24.3 Å². The Morgan fingerprint density at radius 1 is 1.32 bits per heavy atom. The van der Waals surface area contributed by atoms with Gasteiger partial charge < -0.3 is 9.84 Å². The molecule has 1 aromatic carbocycles. The van der Waals surface area contributed by atoms with Crippen LogP contribution >= 0.6 is 11.8 Å². The summed E-state index contributed by atoms with van der Waals surface area (Å²) in [6.07, 6.45) is 4.23. The van der Waals surface area contributed by atoms with Crippen molar-refractivity contribution in [3.05, 3.63) is 53.2 Å². The molecular formula is C21H28N4O2S. The van der Waals surface area contributed by atoms with Crippen LogP contribution in [-0.4, -0.2) is 46.6 Å². The van der Waals surface area contributed by atoms with Crippen molar-refractivity contribution in [1.29, 1.82) is 0 Å². The van der Waals surface area contributed by atoms with Crippen molar-refractivity contribution in [3.8, 4) is 0 Å². The molecular weight excluding hydrogens is 372 g/mol. The van der Waals surface area contributed by atoms with Gasteiger partial charge in [0.15, 0.2) is 5.82 Å². The second kappa shape index (κ2) is 9.89. The Morgan fingerprint density at radius 3 is 2.75 bits per heavy atom. The summed E-state index contributed by atoms with van der Waals surface area (Å²) in [7, 11) is 0. The minimum atomic E-state index is -0.00689. The van der Waals surface area contributed by atoms with Gasteiger partial charge in [-0.25, -0.2) is 0 Å². The maximum atomic E-state index is 12.8. The first-order valence-electron chi connectivity index (χ1n) is 9.69. The van der Waals surface area contributed by atoms with E-state index in [2.05, 4.69) is 40.3 Å². The van der Waals surface area contributed by atoms with Crippen molar-refractivity contribution in [2.45, 2.75) is 50.3 Å². The fourth-order valence-corrected chi connectivity index (χ4v) is 4.04. The third-order valence-corrected chi connectivity index (χ3v) is 5.79. The lowest BCUT2D eigenvalue weighted by Gasteiger charge is -2.31. The minimum absolute atomic E-state index is 0.00689. The number of rotatable bonds is 7. The summed E-state index contributed by atoms with van der Waals surface area (Å²) in [5.74, 6) is 1.74. The number of amides is 1. The summed E-state index contributed by atoms with van der Waals surface area (Å²) in [4.78, 5) is 20.4. The van der Waals surface area contributed by atoms with Crippen LogP contribution in [0.25, 0.3) is 0 Å². The van der Waals surface area contributed by atoms with Crippen molar-refractivity contribution in [2.24, 2.45) is 0 Å². The molecule has 1 aliphatic rings. The molecule has 1 fully saturated rings. The van der Waals surface area contributed by atoms with Crippen molar-refractivity contribution in [3.63, 3.8) is 0 Å². The number of carbonyl (C=O) groups is 1. The number of carbonyl (C=O) groups excluding carboxylic acids is 1. The van der Waals surface area contributed by atoms with Crippen LogP contribution in [0.15, 0.2) is 45.3 Å². The maximum Gasteiger partial charge on any atom is 0.252 e. The van der Waals surface area contributed by atoms with E-state index in [0.29, 0.717) is 23.0 Å². The second-order valence-electron chi connectivity index (χ2n) is 7.35. The van der Waals surface area contributed by atoms with E-state index in [4.69, 9.17) is 4.52 Å². The summed E-state index contributed by atoms with van der Waals surface area (Å²) in [5.41, 5.74) is 2.05. The Morgan fingerprint density at radius 2 is 2.07 bits per heavy atom. The Labute approximate surface area is 170 Å². The monoisotopic (exact) mass is 400 g/mol. The van der Waals surface area contributed by atoms with Gasteiger partial charge in [0.1, 0.15) is 0 Å². The van der Waals surface area contributed by atoms with E-state index in [1.54, 1.807) is 18.7 Å². The zero-order valence-electron chi connectivity index (χ0n) is 16.8. The van der Waals surface area contributed by atoms with Gasteiger partial charge in [-0.1, -0.05) is 28.9 Å². The molecule has 3 rings (SSSR count). The molecule has 7 heteroatoms. The van der Waals surface area contributed by atoms with Crippen LogP contribution in [0.2, 0.25) is 0 Å². The van der Waals surface area contributed by atoms with Crippen LogP contribution in [0.4, 0.5) is 0 Å². The minimum Gasteiger partial charge on any atom is -0.349 e. The van der Waals surface area contributed by atoms with E-state index in [9.17, 15) is 4.79 Å². The number of aryl methyl sites for hydroxylation is 1. The maximum absolute atomic E-state index is 12.8. The molecule has 0 spiro atoms. The first-order chi connectivity index (χ1) is 13.5. The number of piperidine rings is 1. The highest BCUT2D eigenvalue weighted by molar-refractivity contribution is 7.98. The Balaban J connectivity index is 1.54. The van der Waals surface area contributed by atoms with Crippen molar-refractivity contribution in [1.82, 2.24) is 20.4 Å². The molecule has 0 saturated carbocycles. The van der Waals surface area contributed by atoms with Gasteiger partial charge in [0, 0.05) is 30.6 Å². The van der Waals surface area contributed by atoms with Crippen molar-refractivity contribution in [2.75, 3.05) is 19.6 Å². The number of hydrogen-bond donors (Lipinski definition) is 1. The van der Waals surface area contributed by atoms with Crippen LogP contribution in [0.3, 0.4) is 0 Å². The summed E-state index contributed by atoms with van der Waals surface area (Å²) in [6, 6.07) is 7.91. The van der Waals surface area contributed by atoms with Gasteiger partial charge in [-0.05, 0) is 45.7 Å². The Kier molecular flexibility index (Phi) is 7.28. The lowest BCUT2D eigenvalue weighted by atomic mass is 10.0. The Bertz CT molecular complexity index is 821. The van der Waals surface area contributed by atoms with Crippen LogP contribution in [-0.2, 0) is 5.75 Å². The number of hydrogen-bond acceptors (Lipinski definition) is 6. The first-order valence-corrected chi connectivity index (χ1v) is 10.7. The third-order valence-electron chi connectivity index (χ3n) is 4.73. The number of allylic oxidation sites excluding steroid dienone is 1. The molecule has 0 unspecified atom stereocenters. The molecule has 2 heterocycles. The van der Waals surface area contributed by atoms with Gasteiger partial charge in [0.2, 0.25) is 5.89 Å². The number of nitrogens with zero attached hydrogens (tertiary/aromatic N) is 3. The highest BCUT2D eigenvalue weighted by atomic mass is 32.2. The molecule has 150 valence electrons. The van der Waals surface area contributed by atoms with E-state index in [0.717, 1.165) is 37.4 Å².